The molecule has 0 amide bonds. The molecule has 0 aliphatic carbocycles. The van der Waals surface area contributed by atoms with E-state index in [2.05, 4.69) is 15.2 Å². The monoisotopic (exact) mass is 302 g/mol. The lowest BCUT2D eigenvalue weighted by molar-refractivity contribution is 0.734. The molecule has 3 heterocycles. The van der Waals surface area contributed by atoms with Crippen molar-refractivity contribution in [1.82, 2.24) is 24.1 Å². The average Bonchev–Trinajstić information content (AvgIpc) is 2.85. The molecule has 3 aromatic rings. The standard InChI is InChI=1S/C13H14N6OS/c1-18-11(7-14)16-17-13(18)21-8-9-6-12(20)19-5-3-2-4-10(19)15-9/h2-6H,7-8,14H2,1H3. The summed E-state index contributed by atoms with van der Waals surface area (Å²) < 4.78 is 3.36. The molecule has 0 aliphatic heterocycles. The Morgan fingerprint density at radius 3 is 2.95 bits per heavy atom. The SMILES string of the molecule is Cn1c(CN)nnc1SCc1cc(=O)n2ccccc2n1. The number of fused-ring (bicyclic) bond motifs is 1. The average molecular weight is 302 g/mol. The zero-order chi connectivity index (χ0) is 14.8. The van der Waals surface area contributed by atoms with E-state index in [1.807, 2.05) is 23.7 Å². The van der Waals surface area contributed by atoms with Crippen LogP contribution in [0.5, 0.6) is 0 Å². The van der Waals surface area contributed by atoms with Crippen LogP contribution in [-0.2, 0) is 19.3 Å². The lowest BCUT2D eigenvalue weighted by atomic mass is 10.4. The summed E-state index contributed by atoms with van der Waals surface area (Å²) in [4.78, 5) is 16.5. The summed E-state index contributed by atoms with van der Waals surface area (Å²) in [5, 5.41) is 8.82. The highest BCUT2D eigenvalue weighted by atomic mass is 32.2. The molecule has 0 fully saturated rings. The highest BCUT2D eigenvalue weighted by Crippen LogP contribution is 2.19. The Bertz CT molecular complexity index is 840. The Balaban J connectivity index is 1.85. The number of nitrogens with zero attached hydrogens (tertiary/aromatic N) is 5. The molecule has 108 valence electrons. The van der Waals surface area contributed by atoms with Crippen LogP contribution in [0.2, 0.25) is 0 Å². The van der Waals surface area contributed by atoms with Crippen molar-refractivity contribution in [3.8, 4) is 0 Å². The lowest BCUT2D eigenvalue weighted by Gasteiger charge is -2.04. The molecule has 3 aromatic heterocycles. The van der Waals surface area contributed by atoms with Gasteiger partial charge >= 0.3 is 0 Å². The Morgan fingerprint density at radius 2 is 2.19 bits per heavy atom. The second kappa shape index (κ2) is 5.66. The van der Waals surface area contributed by atoms with Gasteiger partial charge in [-0.25, -0.2) is 4.98 Å². The van der Waals surface area contributed by atoms with Gasteiger partial charge in [0.2, 0.25) is 0 Å². The first-order valence-corrected chi connectivity index (χ1v) is 7.36. The third kappa shape index (κ3) is 2.67. The Kier molecular flexibility index (Phi) is 3.72. The first-order chi connectivity index (χ1) is 10.2. The summed E-state index contributed by atoms with van der Waals surface area (Å²) in [6.45, 7) is 0.347. The third-order valence-electron chi connectivity index (χ3n) is 3.08. The van der Waals surface area contributed by atoms with Crippen LogP contribution in [0.25, 0.3) is 5.65 Å². The molecule has 0 unspecified atom stereocenters. The normalized spacial score (nSPS) is 11.1. The van der Waals surface area contributed by atoms with Crippen molar-refractivity contribution in [2.75, 3.05) is 0 Å². The molecule has 7 nitrogen and oxygen atoms in total. The topological polar surface area (TPSA) is 91.1 Å². The third-order valence-corrected chi connectivity index (χ3v) is 4.13. The fourth-order valence-corrected chi connectivity index (χ4v) is 2.79. The van der Waals surface area contributed by atoms with Gasteiger partial charge in [-0.15, -0.1) is 10.2 Å². The summed E-state index contributed by atoms with van der Waals surface area (Å²) >= 11 is 1.48. The van der Waals surface area contributed by atoms with E-state index < -0.39 is 0 Å². The first kappa shape index (κ1) is 13.8. The van der Waals surface area contributed by atoms with Crippen LogP contribution in [0.3, 0.4) is 0 Å². The molecule has 0 aromatic carbocycles. The maximum atomic E-state index is 12.0. The largest absolute Gasteiger partial charge is 0.324 e. The molecule has 2 N–H and O–H groups in total. The van der Waals surface area contributed by atoms with Gasteiger partial charge in [-0.1, -0.05) is 17.8 Å². The number of hydrogen-bond donors (Lipinski definition) is 1. The molecular weight excluding hydrogens is 288 g/mol. The zero-order valence-electron chi connectivity index (χ0n) is 11.4. The van der Waals surface area contributed by atoms with E-state index >= 15 is 0 Å². The minimum absolute atomic E-state index is 0.0863. The van der Waals surface area contributed by atoms with Crippen LogP contribution in [0.15, 0.2) is 40.4 Å². The zero-order valence-corrected chi connectivity index (χ0v) is 12.2. The summed E-state index contributed by atoms with van der Waals surface area (Å²) in [6, 6.07) is 7.01. The summed E-state index contributed by atoms with van der Waals surface area (Å²) in [7, 11) is 1.87. The van der Waals surface area contributed by atoms with E-state index in [0.29, 0.717) is 23.6 Å². The van der Waals surface area contributed by atoms with Gasteiger partial charge in [-0.3, -0.25) is 9.20 Å². The molecule has 0 spiro atoms. The maximum absolute atomic E-state index is 12.0. The molecular formula is C13H14N6OS. The van der Waals surface area contributed by atoms with Crippen molar-refractivity contribution < 1.29 is 0 Å². The van der Waals surface area contributed by atoms with Gasteiger partial charge in [0.25, 0.3) is 5.56 Å². The van der Waals surface area contributed by atoms with E-state index in [0.717, 1.165) is 11.0 Å². The van der Waals surface area contributed by atoms with Crippen molar-refractivity contribution in [3.63, 3.8) is 0 Å². The molecule has 0 radical (unpaired) electrons. The van der Waals surface area contributed by atoms with Crippen LogP contribution in [0.1, 0.15) is 11.5 Å². The number of pyridine rings is 1. The van der Waals surface area contributed by atoms with Gasteiger partial charge < -0.3 is 10.3 Å². The van der Waals surface area contributed by atoms with E-state index in [4.69, 9.17) is 5.73 Å². The van der Waals surface area contributed by atoms with Gasteiger partial charge in [0, 0.05) is 25.1 Å². The minimum Gasteiger partial charge on any atom is -0.324 e. The van der Waals surface area contributed by atoms with Crippen LogP contribution >= 0.6 is 11.8 Å². The minimum atomic E-state index is -0.0863. The smallest absolute Gasteiger partial charge is 0.258 e. The second-order valence-corrected chi connectivity index (χ2v) is 5.41. The van der Waals surface area contributed by atoms with Crippen LogP contribution in [0, 0.1) is 0 Å². The van der Waals surface area contributed by atoms with Crippen molar-refractivity contribution in [2.45, 2.75) is 17.5 Å². The Labute approximate surface area is 124 Å². The fraction of sp³-hybridized carbons (Fsp3) is 0.231. The highest BCUT2D eigenvalue weighted by molar-refractivity contribution is 7.98. The Hall–Kier alpha value is -2.19. The maximum Gasteiger partial charge on any atom is 0.258 e. The summed E-state index contributed by atoms with van der Waals surface area (Å²) in [6.07, 6.45) is 1.71. The number of aromatic nitrogens is 5. The summed E-state index contributed by atoms with van der Waals surface area (Å²) in [5.74, 6) is 1.28. The lowest BCUT2D eigenvalue weighted by Crippen LogP contribution is -2.14. The number of hydrogen-bond acceptors (Lipinski definition) is 6. The van der Waals surface area contributed by atoms with Crippen LogP contribution in [0.4, 0.5) is 0 Å². The predicted octanol–water partition coefficient (Wildman–Crippen LogP) is 0.574. The van der Waals surface area contributed by atoms with E-state index in [1.54, 1.807) is 18.3 Å². The molecule has 3 rings (SSSR count). The van der Waals surface area contributed by atoms with Gasteiger partial charge in [-0.05, 0) is 12.1 Å². The fourth-order valence-electron chi connectivity index (χ4n) is 1.96. The predicted molar refractivity (Wildman–Crippen MR) is 79.9 cm³/mol. The molecule has 0 atom stereocenters. The van der Waals surface area contributed by atoms with Gasteiger partial charge in [-0.2, -0.15) is 0 Å². The number of rotatable bonds is 4. The van der Waals surface area contributed by atoms with E-state index in [9.17, 15) is 4.79 Å². The molecule has 8 heteroatoms. The molecule has 0 aliphatic rings. The second-order valence-electron chi connectivity index (χ2n) is 4.47. The van der Waals surface area contributed by atoms with Crippen LogP contribution in [-0.4, -0.2) is 24.1 Å². The highest BCUT2D eigenvalue weighted by Gasteiger charge is 2.09. The number of thioether (sulfide) groups is 1. The van der Waals surface area contributed by atoms with Crippen molar-refractivity contribution in [3.05, 3.63) is 52.3 Å². The van der Waals surface area contributed by atoms with Crippen molar-refractivity contribution in [1.29, 1.82) is 0 Å². The summed E-state index contributed by atoms with van der Waals surface area (Å²) in [5.41, 5.74) is 6.83. The van der Waals surface area contributed by atoms with Gasteiger partial charge in [0.1, 0.15) is 11.5 Å². The van der Waals surface area contributed by atoms with Crippen molar-refractivity contribution >= 4 is 17.4 Å². The quantitative estimate of drug-likeness (QED) is 0.709. The Morgan fingerprint density at radius 1 is 1.33 bits per heavy atom. The molecule has 21 heavy (non-hydrogen) atoms. The molecule has 0 saturated heterocycles. The first-order valence-electron chi connectivity index (χ1n) is 6.37. The molecule has 0 saturated carbocycles. The molecule has 0 bridgehead atoms. The van der Waals surface area contributed by atoms with Gasteiger partial charge in [0.05, 0.1) is 12.2 Å². The number of nitrogens with two attached hydrogens (primary N) is 1. The van der Waals surface area contributed by atoms with Gasteiger partial charge in [0.15, 0.2) is 5.16 Å². The van der Waals surface area contributed by atoms with Crippen LogP contribution < -0.4 is 11.3 Å². The van der Waals surface area contributed by atoms with E-state index in [-0.39, 0.29) is 5.56 Å². The van der Waals surface area contributed by atoms with Crippen molar-refractivity contribution in [2.24, 2.45) is 12.8 Å². The van der Waals surface area contributed by atoms with E-state index in [1.165, 1.54) is 16.2 Å².